The number of benzene rings is 1. The fraction of sp³-hybridized carbons (Fsp3) is 0.538. The standard InChI is InChI=1S/C13H20F3N3O/c1-19(7-8-20-2)6-5-18-12-4-3-10(17)9-11(12)13(14,15)16/h3-4,9,18H,5-8,17H2,1-2H3. The molecule has 1 aromatic rings. The van der Waals surface area contributed by atoms with E-state index in [0.717, 1.165) is 12.6 Å². The molecule has 0 fully saturated rings. The molecule has 0 aliphatic heterocycles. The summed E-state index contributed by atoms with van der Waals surface area (Å²) in [5.74, 6) is 0. The van der Waals surface area contributed by atoms with Gasteiger partial charge >= 0.3 is 6.18 Å². The number of likely N-dealkylation sites (N-methyl/N-ethyl adjacent to an activating group) is 1. The number of hydrogen-bond donors (Lipinski definition) is 2. The first-order valence-electron chi connectivity index (χ1n) is 6.22. The van der Waals surface area contributed by atoms with Gasteiger partial charge in [0.2, 0.25) is 0 Å². The molecule has 0 aliphatic carbocycles. The van der Waals surface area contributed by atoms with Crippen LogP contribution in [-0.2, 0) is 10.9 Å². The van der Waals surface area contributed by atoms with E-state index < -0.39 is 11.7 Å². The van der Waals surface area contributed by atoms with Gasteiger partial charge in [0.1, 0.15) is 0 Å². The van der Waals surface area contributed by atoms with Crippen molar-refractivity contribution in [2.75, 3.05) is 51.4 Å². The zero-order chi connectivity index (χ0) is 15.2. The number of nitrogens with one attached hydrogen (secondary N) is 1. The van der Waals surface area contributed by atoms with E-state index in [2.05, 4.69) is 5.32 Å². The molecule has 1 rings (SSSR count). The van der Waals surface area contributed by atoms with Crippen molar-refractivity contribution >= 4 is 11.4 Å². The number of nitrogens with two attached hydrogens (primary N) is 1. The van der Waals surface area contributed by atoms with Crippen molar-refractivity contribution in [1.82, 2.24) is 4.90 Å². The van der Waals surface area contributed by atoms with Gasteiger partial charge in [0.15, 0.2) is 0 Å². The number of anilines is 2. The number of methoxy groups -OCH3 is 1. The van der Waals surface area contributed by atoms with Crippen LogP contribution in [0.5, 0.6) is 0 Å². The maximum absolute atomic E-state index is 12.9. The van der Waals surface area contributed by atoms with E-state index in [1.165, 1.54) is 12.1 Å². The number of ether oxygens (including phenoxy) is 1. The SMILES string of the molecule is COCCN(C)CCNc1ccc(N)cc1C(F)(F)F. The van der Waals surface area contributed by atoms with E-state index in [1.807, 2.05) is 11.9 Å². The number of rotatable bonds is 7. The summed E-state index contributed by atoms with van der Waals surface area (Å²) in [7, 11) is 3.49. The highest BCUT2D eigenvalue weighted by Crippen LogP contribution is 2.35. The summed E-state index contributed by atoms with van der Waals surface area (Å²) in [6.07, 6.45) is -4.42. The first-order chi connectivity index (χ1) is 9.34. The first-order valence-corrected chi connectivity index (χ1v) is 6.22. The second-order valence-corrected chi connectivity index (χ2v) is 4.53. The molecule has 0 spiro atoms. The average molecular weight is 291 g/mol. The number of hydrogen-bond acceptors (Lipinski definition) is 4. The minimum atomic E-state index is -4.42. The Kier molecular flexibility index (Phi) is 6.09. The van der Waals surface area contributed by atoms with Gasteiger partial charge in [0, 0.05) is 38.1 Å². The maximum atomic E-state index is 12.9. The van der Waals surface area contributed by atoms with Crippen LogP contribution in [0.3, 0.4) is 0 Å². The highest BCUT2D eigenvalue weighted by atomic mass is 19.4. The molecule has 0 unspecified atom stereocenters. The second kappa shape index (κ2) is 7.35. The zero-order valence-electron chi connectivity index (χ0n) is 11.6. The number of halogens is 3. The first kappa shape index (κ1) is 16.6. The highest BCUT2D eigenvalue weighted by molar-refractivity contribution is 5.59. The predicted molar refractivity (Wildman–Crippen MR) is 73.7 cm³/mol. The van der Waals surface area contributed by atoms with Gasteiger partial charge in [-0.1, -0.05) is 0 Å². The molecule has 0 saturated heterocycles. The van der Waals surface area contributed by atoms with E-state index in [-0.39, 0.29) is 11.4 Å². The summed E-state index contributed by atoms with van der Waals surface area (Å²) in [4.78, 5) is 1.97. The fourth-order valence-electron chi connectivity index (χ4n) is 1.69. The lowest BCUT2D eigenvalue weighted by atomic mass is 10.1. The fourth-order valence-corrected chi connectivity index (χ4v) is 1.69. The minimum Gasteiger partial charge on any atom is -0.399 e. The summed E-state index contributed by atoms with van der Waals surface area (Å²) < 4.78 is 43.5. The predicted octanol–water partition coefficient (Wildman–Crippen LogP) is 2.28. The van der Waals surface area contributed by atoms with E-state index in [4.69, 9.17) is 10.5 Å². The van der Waals surface area contributed by atoms with Crippen LogP contribution in [0.2, 0.25) is 0 Å². The number of nitrogen functional groups attached to an aromatic ring is 1. The van der Waals surface area contributed by atoms with E-state index in [1.54, 1.807) is 7.11 Å². The van der Waals surface area contributed by atoms with Crippen LogP contribution in [-0.4, -0.2) is 45.3 Å². The molecule has 1 aromatic carbocycles. The molecule has 0 amide bonds. The number of alkyl halides is 3. The van der Waals surface area contributed by atoms with Gasteiger partial charge in [0.25, 0.3) is 0 Å². The lowest BCUT2D eigenvalue weighted by Crippen LogP contribution is -2.28. The summed E-state index contributed by atoms with van der Waals surface area (Å²) in [5, 5.41) is 2.80. The largest absolute Gasteiger partial charge is 0.418 e. The smallest absolute Gasteiger partial charge is 0.399 e. The molecular weight excluding hydrogens is 271 g/mol. The van der Waals surface area contributed by atoms with Crippen LogP contribution in [0.25, 0.3) is 0 Å². The zero-order valence-corrected chi connectivity index (χ0v) is 11.6. The Morgan fingerprint density at radius 2 is 2.00 bits per heavy atom. The Hall–Kier alpha value is -1.47. The summed E-state index contributed by atoms with van der Waals surface area (Å²) in [6, 6.07) is 3.75. The van der Waals surface area contributed by atoms with Crippen LogP contribution < -0.4 is 11.1 Å². The highest BCUT2D eigenvalue weighted by Gasteiger charge is 2.33. The Balaban J connectivity index is 2.60. The third kappa shape index (κ3) is 5.26. The lowest BCUT2D eigenvalue weighted by molar-refractivity contribution is -0.136. The quantitative estimate of drug-likeness (QED) is 0.757. The topological polar surface area (TPSA) is 50.5 Å². The third-order valence-electron chi connectivity index (χ3n) is 2.84. The van der Waals surface area contributed by atoms with Crippen molar-refractivity contribution in [1.29, 1.82) is 0 Å². The molecule has 0 radical (unpaired) electrons. The van der Waals surface area contributed by atoms with E-state index in [9.17, 15) is 13.2 Å². The van der Waals surface area contributed by atoms with Crippen molar-refractivity contribution in [3.63, 3.8) is 0 Å². The van der Waals surface area contributed by atoms with Gasteiger partial charge in [0.05, 0.1) is 12.2 Å². The van der Waals surface area contributed by atoms with Crippen LogP contribution in [0, 0.1) is 0 Å². The summed E-state index contributed by atoms with van der Waals surface area (Å²) >= 11 is 0. The van der Waals surface area contributed by atoms with Crippen LogP contribution in [0.15, 0.2) is 18.2 Å². The van der Waals surface area contributed by atoms with Gasteiger partial charge < -0.3 is 20.7 Å². The molecule has 3 N–H and O–H groups in total. The van der Waals surface area contributed by atoms with Gasteiger partial charge in [-0.2, -0.15) is 13.2 Å². The third-order valence-corrected chi connectivity index (χ3v) is 2.84. The van der Waals surface area contributed by atoms with Crippen molar-refractivity contribution < 1.29 is 17.9 Å². The van der Waals surface area contributed by atoms with Crippen molar-refractivity contribution in [3.05, 3.63) is 23.8 Å². The van der Waals surface area contributed by atoms with Crippen molar-refractivity contribution in [2.45, 2.75) is 6.18 Å². The molecular formula is C13H20F3N3O. The average Bonchev–Trinajstić information content (AvgIpc) is 2.37. The molecule has 0 atom stereocenters. The Morgan fingerprint density at radius 1 is 1.30 bits per heavy atom. The molecule has 7 heteroatoms. The minimum absolute atomic E-state index is 0.0480. The van der Waals surface area contributed by atoms with Gasteiger partial charge in [-0.3, -0.25) is 0 Å². The molecule has 0 aromatic heterocycles. The molecule has 0 heterocycles. The Labute approximate surface area is 116 Å². The Morgan fingerprint density at radius 3 is 2.60 bits per heavy atom. The van der Waals surface area contributed by atoms with Crippen molar-refractivity contribution in [3.8, 4) is 0 Å². The van der Waals surface area contributed by atoms with E-state index >= 15 is 0 Å². The molecule has 20 heavy (non-hydrogen) atoms. The van der Waals surface area contributed by atoms with Gasteiger partial charge in [-0.15, -0.1) is 0 Å². The molecule has 0 aliphatic rings. The van der Waals surface area contributed by atoms with Gasteiger partial charge in [-0.05, 0) is 25.2 Å². The summed E-state index contributed by atoms with van der Waals surface area (Å²) in [5.41, 5.74) is 4.81. The van der Waals surface area contributed by atoms with E-state index in [0.29, 0.717) is 19.7 Å². The molecule has 0 saturated carbocycles. The van der Waals surface area contributed by atoms with Crippen molar-refractivity contribution in [2.24, 2.45) is 0 Å². The second-order valence-electron chi connectivity index (χ2n) is 4.53. The maximum Gasteiger partial charge on any atom is 0.418 e. The number of nitrogens with zero attached hydrogens (tertiary/aromatic N) is 1. The molecule has 0 bridgehead atoms. The molecule has 114 valence electrons. The van der Waals surface area contributed by atoms with Crippen LogP contribution in [0.4, 0.5) is 24.5 Å². The van der Waals surface area contributed by atoms with Gasteiger partial charge in [-0.25, -0.2) is 0 Å². The summed E-state index contributed by atoms with van der Waals surface area (Å²) in [6.45, 7) is 2.34. The monoisotopic (exact) mass is 291 g/mol. The van der Waals surface area contributed by atoms with Crippen LogP contribution >= 0.6 is 0 Å². The lowest BCUT2D eigenvalue weighted by Gasteiger charge is -2.19. The normalized spacial score (nSPS) is 11.9. The van der Waals surface area contributed by atoms with Crippen LogP contribution in [0.1, 0.15) is 5.56 Å². The molecule has 4 nitrogen and oxygen atoms in total. The Bertz CT molecular complexity index is 424.